The molecule has 0 bridgehead atoms. The topological polar surface area (TPSA) is 30.5 Å². The lowest BCUT2D eigenvalue weighted by Gasteiger charge is -2.17. The first-order chi connectivity index (χ1) is 7.78. The molecule has 2 radical (unpaired) electrons. The van der Waals surface area contributed by atoms with Gasteiger partial charge in [0.05, 0.1) is 0 Å². The van der Waals surface area contributed by atoms with Gasteiger partial charge in [-0.15, -0.1) is 0 Å². The van der Waals surface area contributed by atoms with E-state index in [1.807, 2.05) is 20.9 Å². The molecule has 0 aromatic rings. The van der Waals surface area contributed by atoms with Gasteiger partial charge in [-0.3, -0.25) is 0 Å². The van der Waals surface area contributed by atoms with Crippen LogP contribution in [0.3, 0.4) is 0 Å². The van der Waals surface area contributed by atoms with Crippen LogP contribution in [0.4, 0.5) is 0 Å². The van der Waals surface area contributed by atoms with Crippen LogP contribution in [-0.4, -0.2) is 41.7 Å². The Labute approximate surface area is 103 Å². The Morgan fingerprint density at radius 2 is 1.75 bits per heavy atom. The fourth-order valence-electron chi connectivity index (χ4n) is 1.59. The van der Waals surface area contributed by atoms with Crippen LogP contribution in [0.5, 0.6) is 0 Å². The molecule has 0 aromatic carbocycles. The maximum atomic E-state index is 5.52. The first kappa shape index (κ1) is 16.1. The zero-order chi connectivity index (χ0) is 12.2. The lowest BCUT2D eigenvalue weighted by molar-refractivity contribution is -0.0827. The number of hydrogen-bond acceptors (Lipinski definition) is 3. The molecule has 1 N–H and O–H groups in total. The molecule has 4 heteroatoms. The van der Waals surface area contributed by atoms with E-state index in [0.717, 1.165) is 22.7 Å². The molecule has 0 rings (SSSR count). The second-order valence-corrected chi connectivity index (χ2v) is 5.11. The molecule has 0 aliphatic rings. The fourth-order valence-corrected chi connectivity index (χ4v) is 2.80. The van der Waals surface area contributed by atoms with Crippen LogP contribution in [0.2, 0.25) is 6.04 Å². The molecule has 0 heterocycles. The molecule has 16 heavy (non-hydrogen) atoms. The van der Waals surface area contributed by atoms with E-state index < -0.39 is 0 Å². The van der Waals surface area contributed by atoms with Gasteiger partial charge in [0.25, 0.3) is 0 Å². The van der Waals surface area contributed by atoms with E-state index in [1.54, 1.807) is 0 Å². The normalized spacial score (nSPS) is 13.3. The smallest absolute Gasteiger partial charge is 0.137 e. The molecular weight excluding hydrogens is 218 g/mol. The second kappa shape index (κ2) is 11.6. The van der Waals surface area contributed by atoms with E-state index in [1.165, 1.54) is 25.3 Å². The summed E-state index contributed by atoms with van der Waals surface area (Å²) >= 11 is 0. The molecule has 0 aliphatic carbocycles. The second-order valence-electron chi connectivity index (χ2n) is 3.73. The molecule has 0 aromatic heterocycles. The molecule has 0 fully saturated rings. The van der Waals surface area contributed by atoms with Crippen LogP contribution in [0.15, 0.2) is 0 Å². The highest BCUT2D eigenvalue weighted by Crippen LogP contribution is 2.06. The summed E-state index contributed by atoms with van der Waals surface area (Å²) < 4.78 is 11.0. The summed E-state index contributed by atoms with van der Waals surface area (Å²) in [6.07, 6.45) is 3.72. The van der Waals surface area contributed by atoms with Crippen LogP contribution >= 0.6 is 0 Å². The first-order valence-corrected chi connectivity index (χ1v) is 7.70. The Balaban J connectivity index is 3.52. The van der Waals surface area contributed by atoms with Gasteiger partial charge in [0.15, 0.2) is 0 Å². The van der Waals surface area contributed by atoms with Gasteiger partial charge in [-0.05, 0) is 33.7 Å². The third-order valence-electron chi connectivity index (χ3n) is 2.58. The molecule has 96 valence electrons. The summed E-state index contributed by atoms with van der Waals surface area (Å²) in [6, 6.07) is 1.88. The van der Waals surface area contributed by atoms with Crippen LogP contribution in [0.1, 0.15) is 40.0 Å². The number of nitrogens with one attached hydrogen (secondary N) is 1. The summed E-state index contributed by atoms with van der Waals surface area (Å²) in [4.78, 5) is 0. The van der Waals surface area contributed by atoms with E-state index in [2.05, 4.69) is 12.2 Å². The summed E-state index contributed by atoms with van der Waals surface area (Å²) in [7, 11) is 2.81. The average molecular weight is 245 g/mol. The minimum absolute atomic E-state index is 0.0321. The van der Waals surface area contributed by atoms with Crippen molar-refractivity contribution < 1.29 is 9.47 Å². The maximum Gasteiger partial charge on any atom is 0.137 e. The Morgan fingerprint density at radius 3 is 2.19 bits per heavy atom. The van der Waals surface area contributed by atoms with Crippen molar-refractivity contribution in [3.63, 3.8) is 0 Å². The van der Waals surface area contributed by atoms with Crippen LogP contribution in [-0.2, 0) is 9.47 Å². The zero-order valence-electron chi connectivity index (χ0n) is 11.2. The third-order valence-corrected chi connectivity index (χ3v) is 3.89. The zero-order valence-corrected chi connectivity index (χ0v) is 12.2. The Morgan fingerprint density at radius 1 is 1.12 bits per heavy atom. The summed E-state index contributed by atoms with van der Waals surface area (Å²) in [6.45, 7) is 7.75. The molecule has 0 amide bonds. The summed E-state index contributed by atoms with van der Waals surface area (Å²) in [5.74, 6) is 0.0321. The van der Waals surface area contributed by atoms with Crippen LogP contribution in [0, 0.1) is 0 Å². The van der Waals surface area contributed by atoms with Gasteiger partial charge in [-0.1, -0.05) is 19.4 Å². The number of rotatable bonds is 11. The number of hydrogen-bond donors (Lipinski definition) is 1. The van der Waals surface area contributed by atoms with Crippen molar-refractivity contribution in [2.75, 3.05) is 20.3 Å². The minimum Gasteiger partial charge on any atom is -0.357 e. The molecule has 1 unspecified atom stereocenters. The Hall–Kier alpha value is 0.0969. The van der Waals surface area contributed by atoms with Crippen molar-refractivity contribution in [3.8, 4) is 0 Å². The molecule has 3 nitrogen and oxygen atoms in total. The predicted octanol–water partition coefficient (Wildman–Crippen LogP) is 2.24. The lowest BCUT2D eigenvalue weighted by atomic mass is 10.1. The fraction of sp³-hybridized carbons (Fsp3) is 1.00. The van der Waals surface area contributed by atoms with Gasteiger partial charge in [-0.25, -0.2) is 0 Å². The highest BCUT2D eigenvalue weighted by Gasteiger charge is 2.09. The van der Waals surface area contributed by atoms with Crippen molar-refractivity contribution >= 4 is 9.52 Å². The monoisotopic (exact) mass is 245 g/mol. The van der Waals surface area contributed by atoms with E-state index in [4.69, 9.17) is 9.47 Å². The highest BCUT2D eigenvalue weighted by atomic mass is 28.2. The molecule has 0 saturated carbocycles. The third kappa shape index (κ3) is 8.27. The molecule has 1 atom stereocenters. The van der Waals surface area contributed by atoms with Crippen molar-refractivity contribution in [1.82, 2.24) is 5.32 Å². The van der Waals surface area contributed by atoms with Crippen LogP contribution < -0.4 is 5.32 Å². The van der Waals surface area contributed by atoms with Crippen LogP contribution in [0.25, 0.3) is 0 Å². The van der Waals surface area contributed by atoms with E-state index in [9.17, 15) is 0 Å². The quantitative estimate of drug-likeness (QED) is 0.344. The van der Waals surface area contributed by atoms with Gasteiger partial charge in [0, 0.05) is 19.3 Å². The van der Waals surface area contributed by atoms with Gasteiger partial charge in [0.2, 0.25) is 0 Å². The van der Waals surface area contributed by atoms with Crippen molar-refractivity contribution in [1.29, 1.82) is 0 Å². The van der Waals surface area contributed by atoms with E-state index in [-0.39, 0.29) is 5.91 Å². The van der Waals surface area contributed by atoms with E-state index >= 15 is 0 Å². The number of ether oxygens (including phenoxy) is 2. The largest absolute Gasteiger partial charge is 0.357 e. The van der Waals surface area contributed by atoms with Gasteiger partial charge < -0.3 is 14.8 Å². The van der Waals surface area contributed by atoms with Crippen molar-refractivity contribution in [3.05, 3.63) is 0 Å². The molecule has 0 aliphatic heterocycles. The van der Waals surface area contributed by atoms with E-state index in [0.29, 0.717) is 6.04 Å². The van der Waals surface area contributed by atoms with Gasteiger partial charge >= 0.3 is 0 Å². The predicted molar refractivity (Wildman–Crippen MR) is 70.0 cm³/mol. The molecule has 0 spiro atoms. The summed E-state index contributed by atoms with van der Waals surface area (Å²) in [5.41, 5.74) is 0. The highest BCUT2D eigenvalue weighted by molar-refractivity contribution is 6.36. The van der Waals surface area contributed by atoms with Crippen molar-refractivity contribution in [2.45, 2.75) is 58.0 Å². The van der Waals surface area contributed by atoms with Crippen molar-refractivity contribution in [2.24, 2.45) is 0 Å². The van der Waals surface area contributed by atoms with Gasteiger partial charge in [-0.2, -0.15) is 0 Å². The Bertz CT molecular complexity index is 137. The molecule has 0 saturated heterocycles. The molecular formula is C12H27NO2Si. The maximum absolute atomic E-state index is 5.52. The lowest BCUT2D eigenvalue weighted by Crippen LogP contribution is -2.26. The summed E-state index contributed by atoms with van der Waals surface area (Å²) in [5, 5.41) is 3.33. The minimum atomic E-state index is 0.0321. The SMILES string of the molecule is CCOC(OCC)[Si]CCCC(CC)NC. The average Bonchev–Trinajstić information content (AvgIpc) is 2.30. The first-order valence-electron chi connectivity index (χ1n) is 6.42. The van der Waals surface area contributed by atoms with Gasteiger partial charge in [0.1, 0.15) is 15.4 Å². The Kier molecular flexibility index (Phi) is 11.6. The standard InChI is InChI=1S/C12H27NO2Si/c1-5-11(13-4)9-8-10-16-12(14-6-2)15-7-3/h11-13H,5-10H2,1-4H3.